The normalized spacial score (nSPS) is 21.4. The topological polar surface area (TPSA) is 143 Å². The van der Waals surface area contributed by atoms with E-state index in [0.717, 1.165) is 31.3 Å². The maximum Gasteiger partial charge on any atom is 0.274 e. The lowest BCUT2D eigenvalue weighted by Gasteiger charge is -2.25. The lowest BCUT2D eigenvalue weighted by molar-refractivity contribution is 0.0706. The monoisotopic (exact) mass is 440 g/mol. The molecule has 2 unspecified atom stereocenters. The van der Waals surface area contributed by atoms with Gasteiger partial charge in [0.1, 0.15) is 11.6 Å². The van der Waals surface area contributed by atoms with Crippen LogP contribution in [0.3, 0.4) is 0 Å². The molecule has 1 aromatic heterocycles. The molecule has 32 heavy (non-hydrogen) atoms. The number of benzene rings is 1. The van der Waals surface area contributed by atoms with Crippen LogP contribution < -0.4 is 21.3 Å². The molecule has 0 saturated carbocycles. The van der Waals surface area contributed by atoms with Gasteiger partial charge in [0, 0.05) is 55.7 Å². The molecule has 2 saturated heterocycles. The summed E-state index contributed by atoms with van der Waals surface area (Å²) in [4.78, 5) is 34.1. The van der Waals surface area contributed by atoms with E-state index >= 15 is 0 Å². The van der Waals surface area contributed by atoms with Gasteiger partial charge in [-0.25, -0.2) is 10.5 Å². The Balaban J connectivity index is 1.55. The van der Waals surface area contributed by atoms with Crippen LogP contribution in [0.2, 0.25) is 0 Å². The number of nitrogens with one attached hydrogen (secondary N) is 4. The van der Waals surface area contributed by atoms with E-state index in [2.05, 4.69) is 22.1 Å². The lowest BCUT2D eigenvalue weighted by atomic mass is 9.97. The first-order chi connectivity index (χ1) is 15.5. The second-order valence-corrected chi connectivity index (χ2v) is 8.37. The SMILES string of the molecule is CC1CN(c2ccc(C(=O)NO)cc2)CC1c1nc(NC2CCOCC2)c(C=N)c(=O)[nH]1. The van der Waals surface area contributed by atoms with Gasteiger partial charge in [0.05, 0.1) is 5.56 Å². The fraction of sp³-hybridized carbons (Fsp3) is 0.455. The van der Waals surface area contributed by atoms with Crippen LogP contribution in [0, 0.1) is 11.3 Å². The number of hydrogen-bond donors (Lipinski definition) is 5. The van der Waals surface area contributed by atoms with Crippen molar-refractivity contribution in [2.24, 2.45) is 5.92 Å². The average Bonchev–Trinajstić information content (AvgIpc) is 3.20. The van der Waals surface area contributed by atoms with Crippen molar-refractivity contribution in [1.29, 1.82) is 5.41 Å². The molecule has 0 bridgehead atoms. The molecule has 1 aromatic carbocycles. The molecule has 2 atom stereocenters. The fourth-order valence-corrected chi connectivity index (χ4v) is 4.38. The molecular formula is C22H28N6O4. The number of aromatic nitrogens is 2. The van der Waals surface area contributed by atoms with Crippen molar-refractivity contribution in [1.82, 2.24) is 15.4 Å². The number of ether oxygens (including phenoxy) is 1. The molecule has 0 aliphatic carbocycles. The summed E-state index contributed by atoms with van der Waals surface area (Å²) in [6.07, 6.45) is 2.71. The number of H-pyrrole nitrogens is 1. The van der Waals surface area contributed by atoms with Crippen LogP contribution >= 0.6 is 0 Å². The van der Waals surface area contributed by atoms with Crippen LogP contribution in [0.5, 0.6) is 0 Å². The van der Waals surface area contributed by atoms with Gasteiger partial charge in [-0.3, -0.25) is 14.8 Å². The van der Waals surface area contributed by atoms with Crippen LogP contribution in [-0.4, -0.2) is 59.6 Å². The smallest absolute Gasteiger partial charge is 0.274 e. The van der Waals surface area contributed by atoms with Gasteiger partial charge in [-0.2, -0.15) is 0 Å². The van der Waals surface area contributed by atoms with Gasteiger partial charge < -0.3 is 25.3 Å². The van der Waals surface area contributed by atoms with Crippen molar-refractivity contribution in [2.45, 2.75) is 31.7 Å². The van der Waals surface area contributed by atoms with Crippen LogP contribution in [0.4, 0.5) is 11.5 Å². The highest BCUT2D eigenvalue weighted by Gasteiger charge is 2.33. The van der Waals surface area contributed by atoms with Crippen molar-refractivity contribution in [3.63, 3.8) is 0 Å². The summed E-state index contributed by atoms with van der Waals surface area (Å²) in [6.45, 7) is 4.89. The van der Waals surface area contributed by atoms with Gasteiger partial charge in [-0.1, -0.05) is 6.92 Å². The van der Waals surface area contributed by atoms with Crippen LogP contribution in [-0.2, 0) is 4.74 Å². The summed E-state index contributed by atoms with van der Waals surface area (Å²) in [7, 11) is 0. The summed E-state index contributed by atoms with van der Waals surface area (Å²) in [6, 6.07) is 7.16. The van der Waals surface area contributed by atoms with E-state index in [1.807, 2.05) is 12.1 Å². The van der Waals surface area contributed by atoms with Gasteiger partial charge >= 0.3 is 0 Å². The Labute approximate surface area is 185 Å². The number of hydroxylamine groups is 1. The highest BCUT2D eigenvalue weighted by Crippen LogP contribution is 2.34. The van der Waals surface area contributed by atoms with E-state index in [1.165, 1.54) is 0 Å². The highest BCUT2D eigenvalue weighted by molar-refractivity contribution is 5.93. The van der Waals surface area contributed by atoms with Crippen molar-refractivity contribution >= 4 is 23.6 Å². The molecule has 170 valence electrons. The number of rotatable bonds is 6. The predicted octanol–water partition coefficient (Wildman–Crippen LogP) is 1.72. The highest BCUT2D eigenvalue weighted by atomic mass is 16.5. The van der Waals surface area contributed by atoms with Crippen LogP contribution in [0.15, 0.2) is 29.1 Å². The first kappa shape index (κ1) is 22.0. The molecule has 10 heteroatoms. The third-order valence-electron chi connectivity index (χ3n) is 6.24. The summed E-state index contributed by atoms with van der Waals surface area (Å²) in [5.41, 5.74) is 2.88. The molecule has 3 heterocycles. The number of anilines is 2. The summed E-state index contributed by atoms with van der Waals surface area (Å²) in [5, 5.41) is 19.8. The number of amides is 1. The Bertz CT molecular complexity index is 1030. The van der Waals surface area contributed by atoms with Gasteiger partial charge in [0.25, 0.3) is 11.5 Å². The zero-order chi connectivity index (χ0) is 22.7. The Hall–Kier alpha value is -3.24. The number of nitrogens with zero attached hydrogens (tertiary/aromatic N) is 2. The Morgan fingerprint density at radius 1 is 1.28 bits per heavy atom. The molecule has 4 rings (SSSR count). The minimum atomic E-state index is -0.554. The molecule has 2 fully saturated rings. The zero-order valence-electron chi connectivity index (χ0n) is 17.9. The third kappa shape index (κ3) is 4.51. The molecule has 10 nitrogen and oxygen atoms in total. The second kappa shape index (κ2) is 9.49. The quantitative estimate of drug-likeness (QED) is 0.261. The van der Waals surface area contributed by atoms with Gasteiger partial charge in [-0.05, 0) is 43.0 Å². The predicted molar refractivity (Wildman–Crippen MR) is 120 cm³/mol. The van der Waals surface area contributed by atoms with E-state index in [4.69, 9.17) is 20.3 Å². The van der Waals surface area contributed by atoms with Crippen LogP contribution in [0.1, 0.15) is 47.4 Å². The first-order valence-electron chi connectivity index (χ1n) is 10.8. The number of carbonyl (C=O) groups is 1. The number of carbonyl (C=O) groups excluding carboxylic acids is 1. The minimum absolute atomic E-state index is 0.0122. The fourth-order valence-electron chi connectivity index (χ4n) is 4.38. The molecule has 5 N–H and O–H groups in total. The van der Waals surface area contributed by atoms with Crippen molar-refractivity contribution in [3.8, 4) is 0 Å². The van der Waals surface area contributed by atoms with E-state index in [1.54, 1.807) is 17.6 Å². The minimum Gasteiger partial charge on any atom is -0.381 e. The van der Waals surface area contributed by atoms with E-state index in [-0.39, 0.29) is 29.0 Å². The third-order valence-corrected chi connectivity index (χ3v) is 6.24. The molecule has 1 amide bonds. The Morgan fingerprint density at radius 3 is 2.66 bits per heavy atom. The molecule has 0 spiro atoms. The first-order valence-corrected chi connectivity index (χ1v) is 10.8. The Kier molecular flexibility index (Phi) is 6.52. The van der Waals surface area contributed by atoms with Crippen LogP contribution in [0.25, 0.3) is 0 Å². The standard InChI is InChI=1S/C22H28N6O4/c1-13-11-28(16-4-2-14(3-5-16)21(29)27-31)12-18(13)20-25-19(17(10-23)22(30)26-20)24-15-6-8-32-9-7-15/h2-5,10,13,15,18,23,31H,6-9,11-12H2,1H3,(H,27,29)(H2,24,25,26,30). The van der Waals surface area contributed by atoms with Gasteiger partial charge in [0.15, 0.2) is 0 Å². The van der Waals surface area contributed by atoms with Crippen molar-refractivity contribution in [2.75, 3.05) is 36.5 Å². The van der Waals surface area contributed by atoms with Crippen molar-refractivity contribution < 1.29 is 14.7 Å². The molecule has 2 aliphatic rings. The average molecular weight is 441 g/mol. The van der Waals surface area contributed by atoms with Gasteiger partial charge in [0.2, 0.25) is 0 Å². The molecule has 2 aromatic rings. The lowest BCUT2D eigenvalue weighted by Crippen LogP contribution is -2.31. The molecule has 2 aliphatic heterocycles. The maximum absolute atomic E-state index is 12.7. The number of hydrogen-bond acceptors (Lipinski definition) is 8. The molecular weight excluding hydrogens is 412 g/mol. The van der Waals surface area contributed by atoms with E-state index in [0.29, 0.717) is 37.0 Å². The Morgan fingerprint density at radius 2 is 2.00 bits per heavy atom. The van der Waals surface area contributed by atoms with Crippen molar-refractivity contribution in [3.05, 3.63) is 51.6 Å². The summed E-state index contributed by atoms with van der Waals surface area (Å²) < 4.78 is 5.40. The summed E-state index contributed by atoms with van der Waals surface area (Å²) >= 11 is 0. The molecule has 0 radical (unpaired) electrons. The zero-order valence-corrected chi connectivity index (χ0v) is 17.9. The largest absolute Gasteiger partial charge is 0.381 e. The maximum atomic E-state index is 12.7. The second-order valence-electron chi connectivity index (χ2n) is 8.37. The van der Waals surface area contributed by atoms with Gasteiger partial charge in [-0.15, -0.1) is 0 Å². The summed E-state index contributed by atoms with van der Waals surface area (Å²) in [5.74, 6) is 0.761. The van der Waals surface area contributed by atoms with E-state index < -0.39 is 5.91 Å². The van der Waals surface area contributed by atoms with E-state index in [9.17, 15) is 9.59 Å². The number of aromatic amines is 1.